The average molecular weight is 402 g/mol. The molecule has 3 aromatic heterocycles. The normalized spacial score (nSPS) is 15.8. The third-order valence-corrected chi connectivity index (χ3v) is 4.67. The van der Waals surface area contributed by atoms with Crippen LogP contribution in [0.15, 0.2) is 42.9 Å². The Hall–Kier alpha value is -3.90. The maximum Gasteiger partial charge on any atom is 0.144 e. The predicted octanol–water partition coefficient (Wildman–Crippen LogP) is 2.59. The van der Waals surface area contributed by atoms with Crippen molar-refractivity contribution in [2.75, 3.05) is 35.3 Å². The first-order valence-electron chi connectivity index (χ1n) is 9.58. The molecule has 0 radical (unpaired) electrons. The van der Waals surface area contributed by atoms with Crippen molar-refractivity contribution < 1.29 is 4.74 Å². The van der Waals surface area contributed by atoms with Crippen LogP contribution in [0.25, 0.3) is 0 Å². The molecule has 1 aliphatic rings. The molecule has 0 unspecified atom stereocenters. The number of aromatic nitrogens is 4. The number of H-pyrrole nitrogens is 1. The molecule has 0 aromatic carbocycles. The van der Waals surface area contributed by atoms with Gasteiger partial charge in [-0.15, -0.1) is 0 Å². The fourth-order valence-electron chi connectivity index (χ4n) is 3.16. The van der Waals surface area contributed by atoms with E-state index >= 15 is 0 Å². The van der Waals surface area contributed by atoms with E-state index in [-0.39, 0.29) is 6.04 Å². The Morgan fingerprint density at radius 1 is 1.37 bits per heavy atom. The van der Waals surface area contributed by atoms with E-state index in [0.717, 1.165) is 18.1 Å². The van der Waals surface area contributed by atoms with Gasteiger partial charge in [0.25, 0.3) is 0 Å². The van der Waals surface area contributed by atoms with Gasteiger partial charge >= 0.3 is 0 Å². The zero-order valence-corrected chi connectivity index (χ0v) is 16.5. The summed E-state index contributed by atoms with van der Waals surface area (Å²) in [6.07, 6.45) is 6.31. The molecule has 0 amide bonds. The third kappa shape index (κ3) is 4.39. The van der Waals surface area contributed by atoms with E-state index in [9.17, 15) is 0 Å². The van der Waals surface area contributed by atoms with Crippen molar-refractivity contribution in [2.24, 2.45) is 0 Å². The van der Waals surface area contributed by atoms with Crippen LogP contribution in [0.2, 0.25) is 0 Å². The number of nitrogens with zero attached hydrogens (tertiary/aromatic N) is 4. The minimum atomic E-state index is 0.186. The molecule has 1 saturated heterocycles. The van der Waals surface area contributed by atoms with Crippen LogP contribution in [-0.4, -0.2) is 52.2 Å². The lowest BCUT2D eigenvalue weighted by Gasteiger charge is -2.34. The molecular formula is C21H22N8O. The smallest absolute Gasteiger partial charge is 0.144 e. The fourth-order valence-corrected chi connectivity index (χ4v) is 3.16. The molecule has 9 nitrogen and oxygen atoms in total. The van der Waals surface area contributed by atoms with Gasteiger partial charge in [0.1, 0.15) is 17.5 Å². The second-order valence-electron chi connectivity index (χ2n) is 6.76. The summed E-state index contributed by atoms with van der Waals surface area (Å²) in [7, 11) is 0. The quantitative estimate of drug-likeness (QED) is 0.295. The molecule has 0 bridgehead atoms. The minimum Gasteiger partial charge on any atom is -0.377 e. The number of anilines is 4. The number of nitrogens with one attached hydrogen (secondary N) is 4. The molecule has 0 spiro atoms. The Bertz CT molecular complexity index is 1060. The van der Waals surface area contributed by atoms with E-state index in [1.165, 1.54) is 6.21 Å². The van der Waals surface area contributed by atoms with Crippen molar-refractivity contribution in [1.29, 1.82) is 5.41 Å². The average Bonchev–Trinajstić information content (AvgIpc) is 3.28. The SMILES string of the molecule is C[C@@H]1COCCN1c1cc(C#CNc2cccnc2)c(C=N)c(Nc2ccn[nH]2)n1. The van der Waals surface area contributed by atoms with Gasteiger partial charge in [0, 0.05) is 36.6 Å². The Balaban J connectivity index is 1.72. The largest absolute Gasteiger partial charge is 0.377 e. The lowest BCUT2D eigenvalue weighted by Crippen LogP contribution is -2.44. The monoisotopic (exact) mass is 402 g/mol. The summed E-state index contributed by atoms with van der Waals surface area (Å²) < 4.78 is 5.56. The van der Waals surface area contributed by atoms with E-state index in [1.807, 2.05) is 18.2 Å². The van der Waals surface area contributed by atoms with Gasteiger partial charge in [-0.1, -0.05) is 0 Å². The highest BCUT2D eigenvalue weighted by Gasteiger charge is 2.22. The third-order valence-electron chi connectivity index (χ3n) is 4.67. The number of hydrogen-bond donors (Lipinski definition) is 4. The first kappa shape index (κ1) is 19.4. The lowest BCUT2D eigenvalue weighted by molar-refractivity contribution is 0.0985. The second kappa shape index (κ2) is 9.07. The van der Waals surface area contributed by atoms with Gasteiger partial charge < -0.3 is 25.7 Å². The maximum atomic E-state index is 7.95. The first-order chi connectivity index (χ1) is 14.7. The lowest BCUT2D eigenvalue weighted by atomic mass is 10.1. The highest BCUT2D eigenvalue weighted by atomic mass is 16.5. The van der Waals surface area contributed by atoms with Gasteiger partial charge in [0.15, 0.2) is 0 Å². The number of rotatable bonds is 5. The van der Waals surface area contributed by atoms with Gasteiger partial charge in [0.05, 0.1) is 42.9 Å². The van der Waals surface area contributed by atoms with Crippen molar-refractivity contribution in [3.05, 3.63) is 54.0 Å². The Morgan fingerprint density at radius 2 is 2.30 bits per heavy atom. The van der Waals surface area contributed by atoms with E-state index in [2.05, 4.69) is 49.6 Å². The summed E-state index contributed by atoms with van der Waals surface area (Å²) in [5, 5.41) is 21.0. The highest BCUT2D eigenvalue weighted by molar-refractivity contribution is 5.90. The standard InChI is InChI=1S/C21H22N8O/c1-15-14-30-10-9-29(15)20-11-16(4-7-24-17-3-2-6-23-13-17)18(12-22)21(27-20)26-19-5-8-25-28-19/h2-3,5-6,8,11-13,15,22,24H,9-10,14H2,1H3,(H2,25,26,27,28)/t15-/m1/s1. The Kier molecular flexibility index (Phi) is 5.87. The first-order valence-corrected chi connectivity index (χ1v) is 9.58. The molecule has 0 saturated carbocycles. The van der Waals surface area contributed by atoms with Crippen LogP contribution in [0.5, 0.6) is 0 Å². The summed E-state index contributed by atoms with van der Waals surface area (Å²) in [5.41, 5.74) is 2.08. The van der Waals surface area contributed by atoms with E-state index in [0.29, 0.717) is 36.0 Å². The molecule has 152 valence electrons. The minimum absolute atomic E-state index is 0.186. The van der Waals surface area contributed by atoms with E-state index in [4.69, 9.17) is 15.1 Å². The van der Waals surface area contributed by atoms with Crippen LogP contribution < -0.4 is 15.5 Å². The summed E-state index contributed by atoms with van der Waals surface area (Å²) in [6, 6.07) is 10.6. The van der Waals surface area contributed by atoms with Gasteiger partial charge in [-0.3, -0.25) is 10.1 Å². The van der Waals surface area contributed by atoms with Crippen molar-refractivity contribution >= 4 is 29.4 Å². The molecule has 1 aliphatic heterocycles. The van der Waals surface area contributed by atoms with Gasteiger partial charge in [-0.25, -0.2) is 4.98 Å². The summed E-state index contributed by atoms with van der Waals surface area (Å²) >= 11 is 0. The molecule has 1 atom stereocenters. The molecular weight excluding hydrogens is 380 g/mol. The number of hydrogen-bond acceptors (Lipinski definition) is 8. The zero-order chi connectivity index (χ0) is 20.8. The van der Waals surface area contributed by atoms with Gasteiger partial charge in [0.2, 0.25) is 0 Å². The van der Waals surface area contributed by atoms with Gasteiger partial charge in [-0.05, 0) is 31.0 Å². The van der Waals surface area contributed by atoms with Gasteiger partial charge in [-0.2, -0.15) is 5.10 Å². The predicted molar refractivity (Wildman–Crippen MR) is 116 cm³/mol. The van der Waals surface area contributed by atoms with Crippen LogP contribution in [0, 0.1) is 17.4 Å². The number of morpholine rings is 1. The molecule has 4 N–H and O–H groups in total. The topological polar surface area (TPSA) is 115 Å². The van der Waals surface area contributed by atoms with Crippen LogP contribution in [-0.2, 0) is 4.74 Å². The number of ether oxygens (including phenoxy) is 1. The van der Waals surface area contributed by atoms with E-state index in [1.54, 1.807) is 24.7 Å². The second-order valence-corrected chi connectivity index (χ2v) is 6.76. The van der Waals surface area contributed by atoms with Crippen LogP contribution in [0.3, 0.4) is 0 Å². The number of pyridine rings is 2. The van der Waals surface area contributed by atoms with Crippen LogP contribution in [0.1, 0.15) is 18.1 Å². The fraction of sp³-hybridized carbons (Fsp3) is 0.238. The molecule has 4 heterocycles. The van der Waals surface area contributed by atoms with Crippen molar-refractivity contribution in [1.82, 2.24) is 20.2 Å². The van der Waals surface area contributed by atoms with Crippen LogP contribution in [0.4, 0.5) is 23.1 Å². The van der Waals surface area contributed by atoms with Crippen molar-refractivity contribution in [3.8, 4) is 12.0 Å². The van der Waals surface area contributed by atoms with Crippen molar-refractivity contribution in [3.63, 3.8) is 0 Å². The molecule has 1 fully saturated rings. The maximum absolute atomic E-state index is 7.95. The Labute approximate surface area is 174 Å². The molecule has 9 heteroatoms. The molecule has 3 aromatic rings. The Morgan fingerprint density at radius 3 is 3.03 bits per heavy atom. The molecule has 0 aliphatic carbocycles. The summed E-state index contributed by atoms with van der Waals surface area (Å²) in [4.78, 5) is 11.0. The summed E-state index contributed by atoms with van der Waals surface area (Å²) in [5.74, 6) is 5.13. The zero-order valence-electron chi connectivity index (χ0n) is 16.5. The molecule has 30 heavy (non-hydrogen) atoms. The highest BCUT2D eigenvalue weighted by Crippen LogP contribution is 2.26. The van der Waals surface area contributed by atoms with Crippen LogP contribution >= 0.6 is 0 Å². The van der Waals surface area contributed by atoms with Crippen molar-refractivity contribution in [2.45, 2.75) is 13.0 Å². The van der Waals surface area contributed by atoms with E-state index < -0.39 is 0 Å². The summed E-state index contributed by atoms with van der Waals surface area (Å²) in [6.45, 7) is 4.12. The molecule has 4 rings (SSSR count). The number of aromatic amines is 1.